The van der Waals surface area contributed by atoms with Gasteiger partial charge in [-0.25, -0.2) is 4.98 Å². The first-order valence-corrected chi connectivity index (χ1v) is 17.2. The quantitative estimate of drug-likeness (QED) is 0.104. The van der Waals surface area contributed by atoms with Gasteiger partial charge in [0.05, 0.1) is 23.5 Å². The molecule has 2 aromatic carbocycles. The first kappa shape index (κ1) is 33.2. The number of carbonyl (C=O) groups excluding carboxylic acids is 1. The Bertz CT molecular complexity index is 1570. The molecule has 4 aromatic rings. The fourth-order valence-corrected chi connectivity index (χ4v) is 6.06. The maximum absolute atomic E-state index is 13.5. The second kappa shape index (κ2) is 17.0. The van der Waals surface area contributed by atoms with Gasteiger partial charge in [0.1, 0.15) is 12.4 Å². The van der Waals surface area contributed by atoms with Gasteiger partial charge in [-0.1, -0.05) is 51.5 Å². The number of nitrogens with one attached hydrogen (secondary N) is 1. The van der Waals surface area contributed by atoms with E-state index in [4.69, 9.17) is 9.47 Å². The van der Waals surface area contributed by atoms with E-state index in [9.17, 15) is 4.79 Å². The van der Waals surface area contributed by atoms with Crippen molar-refractivity contribution in [3.8, 4) is 16.9 Å². The molecule has 0 atom stereocenters. The maximum Gasteiger partial charge on any atom is 0.251 e. The molecule has 5 rings (SSSR count). The molecule has 0 radical (unpaired) electrons. The number of carbonyl (C=O) groups is 1. The van der Waals surface area contributed by atoms with E-state index in [-0.39, 0.29) is 5.91 Å². The highest BCUT2D eigenvalue weighted by Crippen LogP contribution is 2.34. The van der Waals surface area contributed by atoms with Crippen LogP contribution in [0, 0.1) is 5.92 Å². The van der Waals surface area contributed by atoms with E-state index in [1.807, 2.05) is 36.5 Å². The van der Waals surface area contributed by atoms with Crippen molar-refractivity contribution in [1.29, 1.82) is 0 Å². The minimum absolute atomic E-state index is 0.0968. The zero-order valence-electron chi connectivity index (χ0n) is 27.1. The third-order valence-electron chi connectivity index (χ3n) is 7.66. The van der Waals surface area contributed by atoms with Crippen LogP contribution in [0.3, 0.4) is 0 Å². The van der Waals surface area contributed by atoms with E-state index >= 15 is 0 Å². The normalized spacial score (nSPS) is 12.8. The molecule has 0 unspecified atom stereocenters. The number of rotatable bonds is 15. The summed E-state index contributed by atoms with van der Waals surface area (Å²) in [5, 5.41) is 3.98. The number of amides is 1. The number of thioether (sulfide) groups is 1. The van der Waals surface area contributed by atoms with Crippen molar-refractivity contribution in [2.75, 3.05) is 43.1 Å². The van der Waals surface area contributed by atoms with Gasteiger partial charge in [0.15, 0.2) is 0 Å². The molecule has 0 fully saturated rings. The fraction of sp³-hybridized carbons (Fsp3) is 0.342. The lowest BCUT2D eigenvalue weighted by Crippen LogP contribution is -2.29. The second-order valence-electron chi connectivity index (χ2n) is 11.9. The van der Waals surface area contributed by atoms with Crippen LogP contribution < -0.4 is 15.0 Å². The number of benzene rings is 2. The third-order valence-corrected chi connectivity index (χ3v) is 8.67. The molecule has 0 bridgehead atoms. The van der Waals surface area contributed by atoms with Crippen LogP contribution in [0.2, 0.25) is 0 Å². The lowest BCUT2D eigenvalue weighted by molar-refractivity contribution is -0.112. The van der Waals surface area contributed by atoms with Crippen LogP contribution in [0.15, 0.2) is 95.9 Å². The number of hydrogen-bond acceptors (Lipinski definition) is 7. The number of unbranched alkanes of at least 4 members (excludes halogenated alkanes) is 1. The molecule has 8 heteroatoms. The van der Waals surface area contributed by atoms with Gasteiger partial charge < -0.3 is 19.7 Å². The summed E-state index contributed by atoms with van der Waals surface area (Å²) in [6.07, 6.45) is 10.3. The largest absolute Gasteiger partial charge is 0.491 e. The standard InChI is InChI=1S/C38H44N4O3S/c1-4-5-19-44-20-21-45-35-12-8-30(9-13-35)31-10-14-36-33(22-31)23-32(16-18-42(36)26-28(2)3)38(43)41-34-11-15-37(40-25-34)46-27-29-7-6-17-39-24-29/h6-15,17,22-25,28H,4-5,16,18-21,26-27H2,1-3H3,(H,41,43). The molecule has 240 valence electrons. The first-order valence-electron chi connectivity index (χ1n) is 16.2. The van der Waals surface area contributed by atoms with E-state index in [2.05, 4.69) is 83.4 Å². The molecule has 0 saturated heterocycles. The first-order chi connectivity index (χ1) is 22.5. The number of hydrogen-bond donors (Lipinski definition) is 1. The molecular weight excluding hydrogens is 593 g/mol. The number of pyridine rings is 2. The van der Waals surface area contributed by atoms with Crippen molar-refractivity contribution >= 4 is 35.1 Å². The number of ether oxygens (including phenoxy) is 2. The van der Waals surface area contributed by atoms with Crippen LogP contribution in [0.1, 0.15) is 51.2 Å². The highest BCUT2D eigenvalue weighted by atomic mass is 32.2. The van der Waals surface area contributed by atoms with E-state index in [1.54, 1.807) is 24.2 Å². The number of aromatic nitrogens is 2. The molecular formula is C38H44N4O3S. The molecule has 1 aliphatic rings. The Morgan fingerprint density at radius 1 is 1.00 bits per heavy atom. The number of fused-ring (bicyclic) bond motifs is 1. The van der Waals surface area contributed by atoms with Gasteiger partial charge in [0.25, 0.3) is 5.91 Å². The summed E-state index contributed by atoms with van der Waals surface area (Å²) in [5.41, 5.74) is 6.98. The topological polar surface area (TPSA) is 76.6 Å². The van der Waals surface area contributed by atoms with Crippen LogP contribution in [-0.4, -0.2) is 48.8 Å². The Balaban J connectivity index is 1.27. The molecule has 1 N–H and O–H groups in total. The Morgan fingerprint density at radius 2 is 1.85 bits per heavy atom. The number of anilines is 2. The number of nitrogens with zero attached hydrogens (tertiary/aromatic N) is 3. The summed E-state index contributed by atoms with van der Waals surface area (Å²) in [4.78, 5) is 24.7. The van der Waals surface area contributed by atoms with Gasteiger partial charge in [0, 0.05) is 49.1 Å². The summed E-state index contributed by atoms with van der Waals surface area (Å²) >= 11 is 1.64. The Hall–Kier alpha value is -4.14. The highest BCUT2D eigenvalue weighted by Gasteiger charge is 2.21. The smallest absolute Gasteiger partial charge is 0.251 e. The molecule has 1 amide bonds. The van der Waals surface area contributed by atoms with Crippen molar-refractivity contribution in [3.63, 3.8) is 0 Å². The van der Waals surface area contributed by atoms with Gasteiger partial charge in [-0.2, -0.15) is 0 Å². The van der Waals surface area contributed by atoms with Crippen LogP contribution >= 0.6 is 11.8 Å². The molecule has 1 aliphatic heterocycles. The van der Waals surface area contributed by atoms with Crippen molar-refractivity contribution in [3.05, 3.63) is 102 Å². The lowest BCUT2D eigenvalue weighted by Gasteiger charge is -2.27. The summed E-state index contributed by atoms with van der Waals surface area (Å²) in [6.45, 7) is 10.2. The second-order valence-corrected chi connectivity index (χ2v) is 12.9. The minimum Gasteiger partial charge on any atom is -0.491 e. The summed E-state index contributed by atoms with van der Waals surface area (Å²) in [5.74, 6) is 2.02. The third kappa shape index (κ3) is 9.68. The predicted octanol–water partition coefficient (Wildman–Crippen LogP) is 8.52. The van der Waals surface area contributed by atoms with Gasteiger partial charge in [-0.05, 0) is 89.6 Å². The van der Waals surface area contributed by atoms with Crippen molar-refractivity contribution in [1.82, 2.24) is 9.97 Å². The summed E-state index contributed by atoms with van der Waals surface area (Å²) < 4.78 is 11.5. The minimum atomic E-state index is -0.0968. The van der Waals surface area contributed by atoms with Crippen LogP contribution in [0.4, 0.5) is 11.4 Å². The van der Waals surface area contributed by atoms with Crippen molar-refractivity contribution in [2.45, 2.75) is 50.8 Å². The summed E-state index contributed by atoms with van der Waals surface area (Å²) in [7, 11) is 0. The molecule has 0 saturated carbocycles. The lowest BCUT2D eigenvalue weighted by atomic mass is 10.00. The van der Waals surface area contributed by atoms with Crippen LogP contribution in [-0.2, 0) is 15.3 Å². The zero-order chi connectivity index (χ0) is 32.1. The monoisotopic (exact) mass is 636 g/mol. The van der Waals surface area contributed by atoms with E-state index in [0.29, 0.717) is 31.2 Å². The average molecular weight is 637 g/mol. The summed E-state index contributed by atoms with van der Waals surface area (Å²) in [6, 6.07) is 22.6. The SMILES string of the molecule is CCCCOCCOc1ccc(-c2ccc3c(c2)C=C(C(=O)Nc2ccc(SCc4cccnc4)nc2)CCN3CC(C)C)cc1. The molecule has 46 heavy (non-hydrogen) atoms. The van der Waals surface area contributed by atoms with Crippen LogP contribution in [0.5, 0.6) is 5.75 Å². The van der Waals surface area contributed by atoms with Crippen LogP contribution in [0.25, 0.3) is 17.2 Å². The van der Waals surface area contributed by atoms with Gasteiger partial charge in [-0.15, -0.1) is 11.8 Å². The molecule has 0 aliphatic carbocycles. The maximum atomic E-state index is 13.5. The fourth-order valence-electron chi connectivity index (χ4n) is 5.29. The van der Waals surface area contributed by atoms with E-state index in [1.165, 1.54) is 0 Å². The Kier molecular flexibility index (Phi) is 12.3. The average Bonchev–Trinajstić information content (AvgIpc) is 3.25. The van der Waals surface area contributed by atoms with E-state index in [0.717, 1.165) is 82.6 Å². The van der Waals surface area contributed by atoms with Crippen molar-refractivity contribution < 1.29 is 14.3 Å². The zero-order valence-corrected chi connectivity index (χ0v) is 27.9. The van der Waals surface area contributed by atoms with Gasteiger partial charge in [0.2, 0.25) is 0 Å². The van der Waals surface area contributed by atoms with E-state index < -0.39 is 0 Å². The van der Waals surface area contributed by atoms with Gasteiger partial charge in [-0.3, -0.25) is 9.78 Å². The Morgan fingerprint density at radius 3 is 2.59 bits per heavy atom. The van der Waals surface area contributed by atoms with Crippen molar-refractivity contribution in [2.24, 2.45) is 5.92 Å². The predicted molar refractivity (Wildman–Crippen MR) is 189 cm³/mol. The highest BCUT2D eigenvalue weighted by molar-refractivity contribution is 7.98. The van der Waals surface area contributed by atoms with Gasteiger partial charge >= 0.3 is 0 Å². The Labute approximate surface area is 277 Å². The molecule has 2 aromatic heterocycles. The molecule has 3 heterocycles. The molecule has 7 nitrogen and oxygen atoms in total. The molecule has 0 spiro atoms.